The molecular weight excluding hydrogens is 388 g/mol. The monoisotopic (exact) mass is 417 g/mol. The molecule has 162 valence electrons. The summed E-state index contributed by atoms with van der Waals surface area (Å²) in [4.78, 5) is 16.8. The summed E-state index contributed by atoms with van der Waals surface area (Å²) >= 11 is 0. The number of nitrogens with zero attached hydrogens (tertiary/aromatic N) is 2. The topological polar surface area (TPSA) is 44.8 Å². The van der Waals surface area contributed by atoms with Crippen LogP contribution in [0.15, 0.2) is 42.5 Å². The summed E-state index contributed by atoms with van der Waals surface area (Å²) in [5, 5.41) is 2.94. The largest absolute Gasteiger partial charge is 0.435 e. The summed E-state index contributed by atoms with van der Waals surface area (Å²) in [7, 11) is 0. The van der Waals surface area contributed by atoms with E-state index in [2.05, 4.69) is 51.9 Å². The molecule has 3 rings (SSSR count). The summed E-state index contributed by atoms with van der Waals surface area (Å²) in [6, 6.07) is 12.9. The van der Waals surface area contributed by atoms with Gasteiger partial charge in [0.2, 0.25) is 5.91 Å². The molecule has 0 radical (unpaired) electrons. The van der Waals surface area contributed by atoms with Crippen LogP contribution in [0.1, 0.15) is 16.7 Å². The molecule has 0 unspecified atom stereocenters. The van der Waals surface area contributed by atoms with Gasteiger partial charge in [-0.3, -0.25) is 9.69 Å². The molecule has 1 aliphatic heterocycles. The summed E-state index contributed by atoms with van der Waals surface area (Å²) in [6.45, 7) is 5.89. The third-order valence-corrected chi connectivity index (χ3v) is 5.54. The van der Waals surface area contributed by atoms with E-state index in [0.717, 1.165) is 31.7 Å². The first-order valence-corrected chi connectivity index (χ1v) is 10.3. The number of nitrogens with one attached hydrogen (secondary N) is 1. The number of hydrogen-bond donors (Lipinski definition) is 1. The van der Waals surface area contributed by atoms with Crippen molar-refractivity contribution in [3.8, 4) is 5.75 Å². The first kappa shape index (κ1) is 22.0. The second kappa shape index (κ2) is 10.4. The van der Waals surface area contributed by atoms with Gasteiger partial charge in [-0.05, 0) is 55.2 Å². The van der Waals surface area contributed by atoms with Gasteiger partial charge in [0, 0.05) is 38.4 Å². The second-order valence-electron chi connectivity index (χ2n) is 7.60. The number of halogens is 2. The Bertz CT molecular complexity index is 835. The van der Waals surface area contributed by atoms with Gasteiger partial charge in [0.15, 0.2) is 0 Å². The number of piperazine rings is 1. The van der Waals surface area contributed by atoms with E-state index < -0.39 is 6.61 Å². The summed E-state index contributed by atoms with van der Waals surface area (Å²) in [5.74, 6) is 0.144. The third kappa shape index (κ3) is 6.16. The number of anilines is 1. The van der Waals surface area contributed by atoms with Crippen LogP contribution in [0.5, 0.6) is 5.75 Å². The van der Waals surface area contributed by atoms with Crippen molar-refractivity contribution < 1.29 is 18.3 Å². The quantitative estimate of drug-likeness (QED) is 0.715. The lowest BCUT2D eigenvalue weighted by molar-refractivity contribution is -0.122. The average Bonchev–Trinajstić information content (AvgIpc) is 2.72. The molecular formula is C23H29F2N3O2. The summed E-state index contributed by atoms with van der Waals surface area (Å²) in [5.41, 5.74) is 4.85. The van der Waals surface area contributed by atoms with Crippen molar-refractivity contribution in [2.24, 2.45) is 0 Å². The van der Waals surface area contributed by atoms with Gasteiger partial charge in [-0.2, -0.15) is 8.78 Å². The first-order chi connectivity index (χ1) is 14.4. The maximum Gasteiger partial charge on any atom is 0.387 e. The average molecular weight is 418 g/mol. The lowest BCUT2D eigenvalue weighted by atomic mass is 10.1. The number of rotatable bonds is 8. The molecule has 30 heavy (non-hydrogen) atoms. The molecule has 7 heteroatoms. The van der Waals surface area contributed by atoms with E-state index in [0.29, 0.717) is 19.5 Å². The zero-order chi connectivity index (χ0) is 21.5. The third-order valence-electron chi connectivity index (χ3n) is 5.54. The van der Waals surface area contributed by atoms with Gasteiger partial charge in [-0.1, -0.05) is 24.3 Å². The summed E-state index contributed by atoms with van der Waals surface area (Å²) < 4.78 is 28.7. The Morgan fingerprint density at radius 1 is 1.07 bits per heavy atom. The van der Waals surface area contributed by atoms with E-state index >= 15 is 0 Å². The van der Waals surface area contributed by atoms with Gasteiger partial charge in [0.1, 0.15) is 5.75 Å². The van der Waals surface area contributed by atoms with Gasteiger partial charge in [0.25, 0.3) is 0 Å². The number of carbonyl (C=O) groups is 1. The highest BCUT2D eigenvalue weighted by atomic mass is 19.3. The van der Waals surface area contributed by atoms with Gasteiger partial charge in [-0.15, -0.1) is 0 Å². The molecule has 1 amide bonds. The van der Waals surface area contributed by atoms with E-state index in [1.165, 1.54) is 28.9 Å². The fourth-order valence-electron chi connectivity index (χ4n) is 3.67. The molecule has 1 saturated heterocycles. The lowest BCUT2D eigenvalue weighted by Crippen LogP contribution is -2.49. The number of hydrogen-bond acceptors (Lipinski definition) is 4. The van der Waals surface area contributed by atoms with Crippen molar-refractivity contribution in [3.05, 3.63) is 59.2 Å². The molecule has 0 bridgehead atoms. The molecule has 5 nitrogen and oxygen atoms in total. The van der Waals surface area contributed by atoms with E-state index in [1.54, 1.807) is 12.1 Å². The van der Waals surface area contributed by atoms with Crippen LogP contribution in [0.2, 0.25) is 0 Å². The molecule has 1 N–H and O–H groups in total. The Labute approximate surface area is 176 Å². The maximum absolute atomic E-state index is 12.3. The van der Waals surface area contributed by atoms with Crippen LogP contribution in [-0.2, 0) is 11.2 Å². The molecule has 0 aromatic heterocycles. The highest BCUT2D eigenvalue weighted by molar-refractivity contribution is 5.78. The molecule has 0 saturated carbocycles. The van der Waals surface area contributed by atoms with Crippen molar-refractivity contribution >= 4 is 11.6 Å². The fraction of sp³-hybridized carbons (Fsp3) is 0.435. The maximum atomic E-state index is 12.3. The molecule has 0 spiro atoms. The smallest absolute Gasteiger partial charge is 0.387 e. The zero-order valence-electron chi connectivity index (χ0n) is 17.5. The molecule has 1 aliphatic rings. The Hall–Kier alpha value is -2.67. The minimum atomic E-state index is -2.82. The Morgan fingerprint density at radius 3 is 2.43 bits per heavy atom. The van der Waals surface area contributed by atoms with E-state index in [1.807, 2.05) is 0 Å². The van der Waals surface area contributed by atoms with Crippen LogP contribution in [-0.4, -0.2) is 56.7 Å². The van der Waals surface area contributed by atoms with Gasteiger partial charge < -0.3 is 15.0 Å². The SMILES string of the molecule is Cc1cccc(N2CCN(CC(=O)NCCc3ccc(OC(F)F)cc3)CC2)c1C. The molecule has 0 aliphatic carbocycles. The van der Waals surface area contributed by atoms with Crippen molar-refractivity contribution in [2.45, 2.75) is 26.9 Å². The number of carbonyl (C=O) groups excluding carboxylic acids is 1. The van der Waals surface area contributed by atoms with E-state index in [-0.39, 0.29) is 11.7 Å². The van der Waals surface area contributed by atoms with Crippen LogP contribution in [0.25, 0.3) is 0 Å². The second-order valence-corrected chi connectivity index (χ2v) is 7.60. The van der Waals surface area contributed by atoms with Crippen molar-refractivity contribution in [1.29, 1.82) is 0 Å². The number of amides is 1. The Balaban J connectivity index is 1.37. The van der Waals surface area contributed by atoms with Crippen LogP contribution in [0.4, 0.5) is 14.5 Å². The number of ether oxygens (including phenoxy) is 1. The van der Waals surface area contributed by atoms with Gasteiger partial charge in [-0.25, -0.2) is 0 Å². The lowest BCUT2D eigenvalue weighted by Gasteiger charge is -2.36. The first-order valence-electron chi connectivity index (χ1n) is 10.3. The minimum Gasteiger partial charge on any atom is -0.435 e. The summed E-state index contributed by atoms with van der Waals surface area (Å²) in [6.07, 6.45) is 0.640. The molecule has 1 fully saturated rings. The Kier molecular flexibility index (Phi) is 7.63. The van der Waals surface area contributed by atoms with Crippen LogP contribution < -0.4 is 15.0 Å². The van der Waals surface area contributed by atoms with Crippen LogP contribution in [0, 0.1) is 13.8 Å². The Morgan fingerprint density at radius 2 is 1.77 bits per heavy atom. The van der Waals surface area contributed by atoms with Crippen molar-refractivity contribution in [2.75, 3.05) is 44.2 Å². The fourth-order valence-corrected chi connectivity index (χ4v) is 3.67. The standard InChI is InChI=1S/C23H29F2N3O2/c1-17-4-3-5-21(18(17)2)28-14-12-27(13-15-28)16-22(29)26-11-10-19-6-8-20(9-7-19)30-23(24)25/h3-9,23H,10-16H2,1-2H3,(H,26,29). The number of aryl methyl sites for hydroxylation is 1. The zero-order valence-corrected chi connectivity index (χ0v) is 17.5. The normalized spacial score (nSPS) is 14.8. The van der Waals surface area contributed by atoms with Crippen molar-refractivity contribution in [3.63, 3.8) is 0 Å². The van der Waals surface area contributed by atoms with Crippen molar-refractivity contribution in [1.82, 2.24) is 10.2 Å². The molecule has 2 aromatic rings. The van der Waals surface area contributed by atoms with Gasteiger partial charge in [0.05, 0.1) is 6.54 Å². The predicted octanol–water partition coefficient (Wildman–Crippen LogP) is 3.39. The molecule has 0 atom stereocenters. The number of benzene rings is 2. The van der Waals surface area contributed by atoms with Gasteiger partial charge >= 0.3 is 6.61 Å². The van der Waals surface area contributed by atoms with Crippen LogP contribution in [0.3, 0.4) is 0 Å². The minimum absolute atomic E-state index is 0.00726. The highest BCUT2D eigenvalue weighted by Gasteiger charge is 2.20. The number of alkyl halides is 2. The van der Waals surface area contributed by atoms with E-state index in [9.17, 15) is 13.6 Å². The molecule has 2 aromatic carbocycles. The highest BCUT2D eigenvalue weighted by Crippen LogP contribution is 2.23. The predicted molar refractivity (Wildman–Crippen MR) is 114 cm³/mol. The molecule has 1 heterocycles. The van der Waals surface area contributed by atoms with Crippen LogP contribution >= 0.6 is 0 Å². The van der Waals surface area contributed by atoms with E-state index in [4.69, 9.17) is 0 Å².